The first-order valence-corrected chi connectivity index (χ1v) is 8.99. The maximum absolute atomic E-state index is 12.2. The van der Waals surface area contributed by atoms with E-state index in [-0.39, 0.29) is 11.4 Å². The Balaban J connectivity index is 2.54. The Morgan fingerprint density at radius 1 is 1.08 bits per heavy atom. The van der Waals surface area contributed by atoms with Crippen LogP contribution < -0.4 is 0 Å². The van der Waals surface area contributed by atoms with E-state index in [1.807, 2.05) is 0 Å². The quantitative estimate of drug-likeness (QED) is 0.190. The van der Waals surface area contributed by atoms with Crippen LogP contribution in [0.15, 0.2) is 29.8 Å². The number of Topliss-reactive ketones (excluding diaryl/α,β-unsaturated/α-hetero) is 1. The lowest BCUT2D eigenvalue weighted by molar-refractivity contribution is -0.140. The summed E-state index contributed by atoms with van der Waals surface area (Å²) in [6.07, 6.45) is 9.37. The molecule has 25 heavy (non-hydrogen) atoms. The number of nitrogens with zero attached hydrogens (tertiary/aromatic N) is 1. The fourth-order valence-electron chi connectivity index (χ4n) is 2.49. The van der Waals surface area contributed by atoms with Gasteiger partial charge in [0.1, 0.15) is 5.57 Å². The maximum atomic E-state index is 12.2. The molecule has 0 saturated heterocycles. The van der Waals surface area contributed by atoms with Crippen molar-refractivity contribution in [1.29, 1.82) is 5.26 Å². The van der Waals surface area contributed by atoms with Gasteiger partial charge in [-0.2, -0.15) is 5.26 Å². The van der Waals surface area contributed by atoms with Gasteiger partial charge in [0.25, 0.3) is 0 Å². The number of carbonyl (C=O) groups is 2. The molecule has 0 bridgehead atoms. The van der Waals surface area contributed by atoms with Gasteiger partial charge in [0.2, 0.25) is 0 Å². The zero-order valence-electron chi connectivity index (χ0n) is 15.2. The molecule has 0 spiro atoms. The molecule has 0 aromatic heterocycles. The molecule has 0 N–H and O–H groups in total. The molecule has 0 aliphatic heterocycles. The van der Waals surface area contributed by atoms with Gasteiger partial charge in [-0.25, -0.2) is 4.79 Å². The minimum atomic E-state index is -0.619. The van der Waals surface area contributed by atoms with Crippen LogP contribution in [-0.2, 0) is 14.3 Å². The summed E-state index contributed by atoms with van der Waals surface area (Å²) < 4.78 is 5.23. The molecule has 1 aromatic carbocycles. The molecule has 0 aliphatic carbocycles. The number of benzene rings is 1. The van der Waals surface area contributed by atoms with Crippen molar-refractivity contribution >= 4 is 17.8 Å². The molecular weight excluding hydrogens is 314 g/mol. The van der Waals surface area contributed by atoms with Crippen molar-refractivity contribution in [1.82, 2.24) is 0 Å². The van der Waals surface area contributed by atoms with E-state index in [1.165, 1.54) is 38.7 Å². The summed E-state index contributed by atoms with van der Waals surface area (Å²) in [5.74, 6) is -0.983. The van der Waals surface area contributed by atoms with E-state index in [4.69, 9.17) is 10.00 Å². The number of ketones is 1. The second-order valence-corrected chi connectivity index (χ2v) is 6.07. The summed E-state index contributed by atoms with van der Waals surface area (Å²) in [6.45, 7) is 3.83. The number of carbonyl (C=O) groups excluding carboxylic acids is 2. The van der Waals surface area contributed by atoms with Crippen molar-refractivity contribution in [3.8, 4) is 6.07 Å². The van der Waals surface area contributed by atoms with Crippen molar-refractivity contribution in [2.24, 2.45) is 0 Å². The Morgan fingerprint density at radius 3 is 2.36 bits per heavy atom. The molecule has 1 rings (SSSR count). The molecule has 4 nitrogen and oxygen atoms in total. The molecular formula is C21H27NO3. The summed E-state index contributed by atoms with van der Waals surface area (Å²) in [4.78, 5) is 23.9. The highest BCUT2D eigenvalue weighted by molar-refractivity contribution is 6.19. The maximum Gasteiger partial charge on any atom is 0.341 e. The van der Waals surface area contributed by atoms with Crippen LogP contribution in [0.3, 0.4) is 0 Å². The Labute approximate surface area is 150 Å². The van der Waals surface area contributed by atoms with Crippen LogP contribution in [0.4, 0.5) is 0 Å². The number of esters is 1. The summed E-state index contributed by atoms with van der Waals surface area (Å²) >= 11 is 0. The first kappa shape index (κ1) is 20.6. The van der Waals surface area contributed by atoms with Crippen LogP contribution in [-0.4, -0.2) is 18.4 Å². The van der Waals surface area contributed by atoms with E-state index < -0.39 is 5.97 Å². The molecule has 0 radical (unpaired) electrons. The second kappa shape index (κ2) is 12.0. The normalized spacial score (nSPS) is 11.0. The van der Waals surface area contributed by atoms with Crippen LogP contribution in [0.25, 0.3) is 6.08 Å². The monoisotopic (exact) mass is 341 g/mol. The van der Waals surface area contributed by atoms with E-state index in [2.05, 4.69) is 13.0 Å². The number of nitriles is 1. The highest BCUT2D eigenvalue weighted by Gasteiger charge is 2.16. The average Bonchev–Trinajstić information content (AvgIpc) is 2.61. The summed E-state index contributed by atoms with van der Waals surface area (Å²) in [5, 5.41) is 9.11. The standard InChI is InChI=1S/C21H27NO3/c1-3-4-5-6-7-8-11-14-25-21(24)20(17(2)23)15-18-12-9-10-13-19(18)16-22/h9-10,12-13,15H,3-8,11,14H2,1-2H3/b20-15-. The predicted octanol–water partition coefficient (Wildman–Crippen LogP) is 4.82. The van der Waals surface area contributed by atoms with E-state index in [0.717, 1.165) is 19.3 Å². The fourth-order valence-corrected chi connectivity index (χ4v) is 2.49. The summed E-state index contributed by atoms with van der Waals surface area (Å²) in [6, 6.07) is 8.89. The number of rotatable bonds is 11. The minimum absolute atomic E-state index is 0.0226. The molecule has 0 unspecified atom stereocenters. The summed E-state index contributed by atoms with van der Waals surface area (Å²) in [7, 11) is 0. The zero-order valence-corrected chi connectivity index (χ0v) is 15.2. The Morgan fingerprint density at radius 2 is 1.72 bits per heavy atom. The smallest absolute Gasteiger partial charge is 0.341 e. The third kappa shape index (κ3) is 7.80. The Kier molecular flexibility index (Phi) is 9.92. The minimum Gasteiger partial charge on any atom is -0.462 e. The van der Waals surface area contributed by atoms with Gasteiger partial charge in [-0.15, -0.1) is 0 Å². The van der Waals surface area contributed by atoms with Crippen LogP contribution in [0.5, 0.6) is 0 Å². The van der Waals surface area contributed by atoms with Gasteiger partial charge in [0.05, 0.1) is 18.2 Å². The average molecular weight is 341 g/mol. The second-order valence-electron chi connectivity index (χ2n) is 6.07. The molecule has 0 fully saturated rings. The van der Waals surface area contributed by atoms with Crippen molar-refractivity contribution in [2.75, 3.05) is 6.61 Å². The molecule has 0 aliphatic rings. The molecule has 0 amide bonds. The van der Waals surface area contributed by atoms with Gasteiger partial charge < -0.3 is 4.74 Å². The number of hydrogen-bond donors (Lipinski definition) is 0. The van der Waals surface area contributed by atoms with E-state index in [0.29, 0.717) is 17.7 Å². The number of unbranched alkanes of at least 4 members (excludes halogenated alkanes) is 6. The first-order chi connectivity index (χ1) is 12.1. The Hall–Kier alpha value is -2.41. The van der Waals surface area contributed by atoms with Gasteiger partial charge in [-0.3, -0.25) is 4.79 Å². The molecule has 4 heteroatoms. The lowest BCUT2D eigenvalue weighted by atomic mass is 10.0. The third-order valence-corrected chi connectivity index (χ3v) is 3.96. The van der Waals surface area contributed by atoms with Crippen molar-refractivity contribution in [2.45, 2.75) is 58.8 Å². The van der Waals surface area contributed by atoms with Crippen molar-refractivity contribution in [3.05, 3.63) is 41.0 Å². The summed E-state index contributed by atoms with van der Waals surface area (Å²) in [5.41, 5.74) is 0.940. The molecule has 0 atom stereocenters. The third-order valence-electron chi connectivity index (χ3n) is 3.96. The first-order valence-electron chi connectivity index (χ1n) is 8.99. The van der Waals surface area contributed by atoms with Crippen LogP contribution in [0, 0.1) is 11.3 Å². The predicted molar refractivity (Wildman–Crippen MR) is 98.8 cm³/mol. The van der Waals surface area contributed by atoms with E-state index in [1.54, 1.807) is 24.3 Å². The Bertz CT molecular complexity index is 641. The van der Waals surface area contributed by atoms with Gasteiger partial charge in [0.15, 0.2) is 5.78 Å². The number of ether oxygens (including phenoxy) is 1. The molecule has 0 saturated carbocycles. The lowest BCUT2D eigenvalue weighted by Gasteiger charge is -2.07. The topological polar surface area (TPSA) is 67.2 Å². The lowest BCUT2D eigenvalue weighted by Crippen LogP contribution is -2.14. The van der Waals surface area contributed by atoms with Gasteiger partial charge in [-0.1, -0.05) is 63.6 Å². The van der Waals surface area contributed by atoms with Crippen molar-refractivity contribution < 1.29 is 14.3 Å². The van der Waals surface area contributed by atoms with Gasteiger partial charge in [-0.05, 0) is 31.1 Å². The largest absolute Gasteiger partial charge is 0.462 e. The molecule has 134 valence electrons. The molecule has 0 heterocycles. The van der Waals surface area contributed by atoms with Crippen LogP contribution in [0.1, 0.15) is 69.9 Å². The van der Waals surface area contributed by atoms with Crippen LogP contribution in [0.2, 0.25) is 0 Å². The van der Waals surface area contributed by atoms with Gasteiger partial charge >= 0.3 is 5.97 Å². The molecule has 1 aromatic rings. The van der Waals surface area contributed by atoms with E-state index in [9.17, 15) is 9.59 Å². The fraction of sp³-hybridized carbons (Fsp3) is 0.476. The van der Waals surface area contributed by atoms with Gasteiger partial charge in [0, 0.05) is 0 Å². The zero-order chi connectivity index (χ0) is 18.5. The van der Waals surface area contributed by atoms with E-state index >= 15 is 0 Å². The number of hydrogen-bond acceptors (Lipinski definition) is 4. The van der Waals surface area contributed by atoms with Crippen LogP contribution >= 0.6 is 0 Å². The highest BCUT2D eigenvalue weighted by atomic mass is 16.5. The SMILES string of the molecule is CCCCCCCCCOC(=O)/C(=C\c1ccccc1C#N)C(C)=O. The highest BCUT2D eigenvalue weighted by Crippen LogP contribution is 2.14. The van der Waals surface area contributed by atoms with Crippen molar-refractivity contribution in [3.63, 3.8) is 0 Å².